The Labute approximate surface area is 112 Å². The normalized spacial score (nSPS) is 15.5. The number of hydrogen-bond acceptors (Lipinski definition) is 3. The summed E-state index contributed by atoms with van der Waals surface area (Å²) >= 11 is 0. The Morgan fingerprint density at radius 1 is 1.26 bits per heavy atom. The number of anilines is 1. The molecule has 1 aliphatic rings. The van der Waals surface area contributed by atoms with E-state index in [1.165, 1.54) is 5.56 Å². The second-order valence-electron chi connectivity index (χ2n) is 4.83. The van der Waals surface area contributed by atoms with Crippen molar-refractivity contribution in [1.29, 1.82) is 5.26 Å². The summed E-state index contributed by atoms with van der Waals surface area (Å²) in [6.45, 7) is 5.13. The van der Waals surface area contributed by atoms with Gasteiger partial charge in [0, 0.05) is 5.39 Å². The Balaban J connectivity index is 2.12. The SMILES string of the molecule is Cc1ccc2[nH+]c(N3CCOCC3)c(C#N)cc2c1. The van der Waals surface area contributed by atoms with Crippen molar-refractivity contribution in [2.75, 3.05) is 31.2 Å². The molecule has 0 unspecified atom stereocenters. The van der Waals surface area contributed by atoms with Crippen molar-refractivity contribution >= 4 is 16.7 Å². The fourth-order valence-corrected chi connectivity index (χ4v) is 2.46. The third kappa shape index (κ3) is 2.25. The van der Waals surface area contributed by atoms with Gasteiger partial charge in [0.1, 0.15) is 30.2 Å². The number of aryl methyl sites for hydroxylation is 1. The number of rotatable bonds is 1. The molecule has 3 rings (SSSR count). The van der Waals surface area contributed by atoms with E-state index in [1.54, 1.807) is 0 Å². The molecule has 19 heavy (non-hydrogen) atoms. The molecular weight excluding hydrogens is 238 g/mol. The van der Waals surface area contributed by atoms with Gasteiger partial charge in [0.2, 0.25) is 0 Å². The molecule has 4 heteroatoms. The molecule has 2 heterocycles. The van der Waals surface area contributed by atoms with Crippen LogP contribution < -0.4 is 9.88 Å². The van der Waals surface area contributed by atoms with Crippen LogP contribution in [0.1, 0.15) is 11.1 Å². The lowest BCUT2D eigenvalue weighted by atomic mass is 10.1. The van der Waals surface area contributed by atoms with Gasteiger partial charge in [-0.3, -0.25) is 4.90 Å². The van der Waals surface area contributed by atoms with Crippen molar-refractivity contribution < 1.29 is 9.72 Å². The van der Waals surface area contributed by atoms with Crippen LogP contribution in [0.25, 0.3) is 10.9 Å². The van der Waals surface area contributed by atoms with Gasteiger partial charge in [-0.2, -0.15) is 5.26 Å². The zero-order valence-electron chi connectivity index (χ0n) is 10.9. The molecule has 0 amide bonds. The van der Waals surface area contributed by atoms with Crippen LogP contribution in [0, 0.1) is 18.3 Å². The maximum Gasteiger partial charge on any atom is 0.293 e. The molecule has 1 aromatic heterocycles. The Bertz CT molecular complexity index is 654. The van der Waals surface area contributed by atoms with Crippen LogP contribution in [0.15, 0.2) is 24.3 Å². The van der Waals surface area contributed by atoms with Gasteiger partial charge in [0.25, 0.3) is 5.82 Å². The zero-order chi connectivity index (χ0) is 13.2. The summed E-state index contributed by atoms with van der Waals surface area (Å²) in [5, 5.41) is 10.4. The van der Waals surface area contributed by atoms with Gasteiger partial charge in [0.15, 0.2) is 0 Å². The predicted molar refractivity (Wildman–Crippen MR) is 73.0 cm³/mol. The smallest absolute Gasteiger partial charge is 0.293 e. The number of morpholine rings is 1. The third-order valence-corrected chi connectivity index (χ3v) is 3.46. The van der Waals surface area contributed by atoms with Crippen LogP contribution in [-0.2, 0) is 4.74 Å². The number of H-pyrrole nitrogens is 1. The summed E-state index contributed by atoms with van der Waals surface area (Å²) in [7, 11) is 0. The van der Waals surface area contributed by atoms with Gasteiger partial charge in [-0.25, -0.2) is 4.98 Å². The highest BCUT2D eigenvalue weighted by Crippen LogP contribution is 2.21. The molecule has 1 N–H and O–H groups in total. The first kappa shape index (κ1) is 11.9. The number of benzene rings is 1. The highest BCUT2D eigenvalue weighted by Gasteiger charge is 2.23. The number of fused-ring (bicyclic) bond motifs is 1. The monoisotopic (exact) mass is 254 g/mol. The van der Waals surface area contributed by atoms with Crippen LogP contribution >= 0.6 is 0 Å². The van der Waals surface area contributed by atoms with Gasteiger partial charge in [-0.05, 0) is 25.1 Å². The molecule has 1 fully saturated rings. The van der Waals surface area contributed by atoms with Gasteiger partial charge < -0.3 is 4.74 Å². The van der Waals surface area contributed by atoms with Crippen molar-refractivity contribution in [3.8, 4) is 6.07 Å². The van der Waals surface area contributed by atoms with E-state index in [9.17, 15) is 5.26 Å². The molecule has 1 aromatic carbocycles. The molecule has 4 nitrogen and oxygen atoms in total. The molecular formula is C15H16N3O+. The van der Waals surface area contributed by atoms with E-state index in [2.05, 4.69) is 41.1 Å². The molecule has 2 aromatic rings. The van der Waals surface area contributed by atoms with Crippen LogP contribution in [0.2, 0.25) is 0 Å². The number of ether oxygens (including phenoxy) is 1. The number of nitriles is 1. The van der Waals surface area contributed by atoms with E-state index >= 15 is 0 Å². The third-order valence-electron chi connectivity index (χ3n) is 3.46. The Hall–Kier alpha value is -2.12. The minimum atomic E-state index is 0.694. The lowest BCUT2D eigenvalue weighted by Gasteiger charge is -2.22. The molecule has 96 valence electrons. The first-order valence-corrected chi connectivity index (χ1v) is 6.47. The van der Waals surface area contributed by atoms with E-state index < -0.39 is 0 Å². The molecule has 0 saturated carbocycles. The fourth-order valence-electron chi connectivity index (χ4n) is 2.46. The first-order valence-electron chi connectivity index (χ1n) is 6.47. The maximum atomic E-state index is 9.35. The minimum absolute atomic E-state index is 0.694. The largest absolute Gasteiger partial charge is 0.373 e. The quantitative estimate of drug-likeness (QED) is 0.778. The number of aromatic nitrogens is 1. The standard InChI is InChI=1S/C15H15N3O/c1-11-2-3-14-12(8-11)9-13(10-16)15(17-14)18-4-6-19-7-5-18/h2-3,8-9H,4-7H2,1H3/p+1. The maximum absolute atomic E-state index is 9.35. The lowest BCUT2D eigenvalue weighted by Crippen LogP contribution is -2.40. The summed E-state index contributed by atoms with van der Waals surface area (Å²) in [4.78, 5) is 5.57. The molecule has 0 atom stereocenters. The van der Waals surface area contributed by atoms with E-state index in [0.29, 0.717) is 18.8 Å². The van der Waals surface area contributed by atoms with Crippen LogP contribution in [0.5, 0.6) is 0 Å². The average Bonchev–Trinajstić information content (AvgIpc) is 2.46. The molecule has 0 spiro atoms. The molecule has 1 saturated heterocycles. The van der Waals surface area contributed by atoms with Gasteiger partial charge in [-0.15, -0.1) is 0 Å². The van der Waals surface area contributed by atoms with E-state index in [4.69, 9.17) is 4.74 Å². The Morgan fingerprint density at radius 3 is 2.79 bits per heavy atom. The summed E-state index contributed by atoms with van der Waals surface area (Å²) in [6.07, 6.45) is 0. The summed E-state index contributed by atoms with van der Waals surface area (Å²) < 4.78 is 5.36. The van der Waals surface area contributed by atoms with Gasteiger partial charge >= 0.3 is 0 Å². The Kier molecular flexibility index (Phi) is 3.06. The molecule has 1 aliphatic heterocycles. The highest BCUT2D eigenvalue weighted by atomic mass is 16.5. The van der Waals surface area contributed by atoms with Crippen molar-refractivity contribution in [3.05, 3.63) is 35.4 Å². The van der Waals surface area contributed by atoms with Crippen LogP contribution in [-0.4, -0.2) is 26.3 Å². The molecule has 0 aliphatic carbocycles. The predicted octanol–water partition coefficient (Wildman–Crippen LogP) is 1.67. The first-order chi connectivity index (χ1) is 9.28. The fraction of sp³-hybridized carbons (Fsp3) is 0.333. The van der Waals surface area contributed by atoms with Crippen molar-refractivity contribution in [2.24, 2.45) is 0 Å². The van der Waals surface area contributed by atoms with E-state index in [1.807, 2.05) is 6.07 Å². The second kappa shape index (κ2) is 4.87. The van der Waals surface area contributed by atoms with Gasteiger partial charge in [0.05, 0.1) is 13.2 Å². The number of nitrogens with zero attached hydrogens (tertiary/aromatic N) is 2. The zero-order valence-corrected chi connectivity index (χ0v) is 10.9. The average molecular weight is 254 g/mol. The highest BCUT2D eigenvalue weighted by molar-refractivity contribution is 5.79. The number of aromatic amines is 1. The van der Waals surface area contributed by atoms with Crippen LogP contribution in [0.4, 0.5) is 5.82 Å². The summed E-state index contributed by atoms with van der Waals surface area (Å²) in [5.41, 5.74) is 2.95. The van der Waals surface area contributed by atoms with Gasteiger partial charge in [-0.1, -0.05) is 11.6 Å². The van der Waals surface area contributed by atoms with Crippen molar-refractivity contribution in [1.82, 2.24) is 0 Å². The molecule has 0 bridgehead atoms. The van der Waals surface area contributed by atoms with Crippen LogP contribution in [0.3, 0.4) is 0 Å². The van der Waals surface area contributed by atoms with E-state index in [0.717, 1.165) is 29.8 Å². The summed E-state index contributed by atoms with van der Waals surface area (Å²) in [6, 6.07) is 10.5. The molecule has 0 radical (unpaired) electrons. The minimum Gasteiger partial charge on any atom is -0.373 e. The van der Waals surface area contributed by atoms with Crippen molar-refractivity contribution in [3.63, 3.8) is 0 Å². The summed E-state index contributed by atoms with van der Waals surface area (Å²) in [5.74, 6) is 0.905. The number of pyridine rings is 1. The number of nitrogens with one attached hydrogen (secondary N) is 1. The second-order valence-corrected chi connectivity index (χ2v) is 4.83. The number of hydrogen-bond donors (Lipinski definition) is 0. The Morgan fingerprint density at radius 2 is 2.05 bits per heavy atom. The topological polar surface area (TPSA) is 50.4 Å². The lowest BCUT2D eigenvalue weighted by molar-refractivity contribution is -0.331. The van der Waals surface area contributed by atoms with Crippen molar-refractivity contribution in [2.45, 2.75) is 6.92 Å². The van der Waals surface area contributed by atoms with E-state index in [-0.39, 0.29) is 0 Å².